The molecular weight excluding hydrogens is 336 g/mol. The summed E-state index contributed by atoms with van der Waals surface area (Å²) in [6.45, 7) is 7.62. The summed E-state index contributed by atoms with van der Waals surface area (Å²) in [5.74, 6) is 0.640. The number of rotatable bonds is 6. The van der Waals surface area contributed by atoms with Gasteiger partial charge in [0.1, 0.15) is 11.3 Å². The van der Waals surface area contributed by atoms with Crippen molar-refractivity contribution >= 4 is 17.8 Å². The number of hydrogen-bond donors (Lipinski definition) is 3. The average molecular weight is 364 g/mol. The second-order valence-corrected chi connectivity index (χ2v) is 7.69. The lowest BCUT2D eigenvalue weighted by molar-refractivity contribution is 0.0509. The summed E-state index contributed by atoms with van der Waals surface area (Å²) in [5, 5.41) is 8.47. The first-order valence-electron chi connectivity index (χ1n) is 8.68. The Kier molecular flexibility index (Phi) is 5.94. The molecule has 8 nitrogen and oxygen atoms in total. The van der Waals surface area contributed by atoms with Gasteiger partial charge in [0, 0.05) is 12.7 Å². The predicted molar refractivity (Wildman–Crippen MR) is 98.3 cm³/mol. The fraction of sp³-hybridized carbons (Fsp3) is 0.611. The summed E-state index contributed by atoms with van der Waals surface area (Å²) in [4.78, 5) is 28.4. The van der Waals surface area contributed by atoms with Crippen molar-refractivity contribution in [3.8, 4) is 5.88 Å². The van der Waals surface area contributed by atoms with Crippen LogP contribution in [-0.4, -0.2) is 41.9 Å². The van der Waals surface area contributed by atoms with E-state index in [-0.39, 0.29) is 12.6 Å². The molecule has 0 saturated heterocycles. The molecule has 2 rings (SSSR count). The summed E-state index contributed by atoms with van der Waals surface area (Å²) < 4.78 is 10.4. The standard InChI is InChI=1S/C18H28N4O4/c1-17(2,3)26-16(24)20-11-18(4,12-8-9-12)22-15(23)21-13-7-6-10-19-14(13)25-5/h6-7,10,12H,8-9,11H2,1-5H3,(H,20,24)(H2,21,22,23). The van der Waals surface area contributed by atoms with Crippen molar-refractivity contribution < 1.29 is 19.1 Å². The van der Waals surface area contributed by atoms with Crippen LogP contribution in [0.3, 0.4) is 0 Å². The summed E-state index contributed by atoms with van der Waals surface area (Å²) >= 11 is 0. The Bertz CT molecular complexity index is 655. The van der Waals surface area contributed by atoms with Gasteiger partial charge in [0.2, 0.25) is 5.88 Å². The van der Waals surface area contributed by atoms with E-state index in [1.807, 2.05) is 6.92 Å². The number of anilines is 1. The molecule has 1 aromatic heterocycles. The Balaban J connectivity index is 1.96. The van der Waals surface area contributed by atoms with Crippen LogP contribution in [0.2, 0.25) is 0 Å². The number of aromatic nitrogens is 1. The van der Waals surface area contributed by atoms with Crippen LogP contribution in [0.5, 0.6) is 5.88 Å². The Morgan fingerprint density at radius 1 is 1.27 bits per heavy atom. The SMILES string of the molecule is COc1ncccc1NC(=O)NC(C)(CNC(=O)OC(C)(C)C)C1CC1. The van der Waals surface area contributed by atoms with Gasteiger partial charge < -0.3 is 25.4 Å². The molecule has 3 amide bonds. The molecule has 1 unspecified atom stereocenters. The van der Waals surface area contributed by atoms with E-state index in [0.29, 0.717) is 17.5 Å². The number of amides is 3. The minimum absolute atomic E-state index is 0.282. The van der Waals surface area contributed by atoms with Gasteiger partial charge in [-0.25, -0.2) is 14.6 Å². The van der Waals surface area contributed by atoms with Gasteiger partial charge in [0.05, 0.1) is 12.6 Å². The second-order valence-electron chi connectivity index (χ2n) is 7.69. The number of ether oxygens (including phenoxy) is 2. The minimum Gasteiger partial charge on any atom is -0.480 e. The van der Waals surface area contributed by atoms with Crippen LogP contribution in [0.1, 0.15) is 40.5 Å². The third kappa shape index (κ3) is 5.79. The van der Waals surface area contributed by atoms with Gasteiger partial charge in [0.15, 0.2) is 0 Å². The monoisotopic (exact) mass is 364 g/mol. The van der Waals surface area contributed by atoms with Gasteiger partial charge in [-0.15, -0.1) is 0 Å². The van der Waals surface area contributed by atoms with Crippen molar-refractivity contribution in [2.45, 2.75) is 51.7 Å². The molecule has 1 aromatic rings. The fourth-order valence-electron chi connectivity index (χ4n) is 2.64. The lowest BCUT2D eigenvalue weighted by Crippen LogP contribution is -2.56. The van der Waals surface area contributed by atoms with Crippen molar-refractivity contribution in [1.82, 2.24) is 15.6 Å². The van der Waals surface area contributed by atoms with Crippen LogP contribution < -0.4 is 20.7 Å². The zero-order valence-corrected chi connectivity index (χ0v) is 16.0. The highest BCUT2D eigenvalue weighted by Gasteiger charge is 2.43. The Hall–Kier alpha value is -2.51. The smallest absolute Gasteiger partial charge is 0.407 e. The zero-order chi connectivity index (χ0) is 19.4. The topological polar surface area (TPSA) is 102 Å². The number of carbonyl (C=O) groups is 2. The van der Waals surface area contributed by atoms with E-state index in [1.54, 1.807) is 39.1 Å². The highest BCUT2D eigenvalue weighted by molar-refractivity contribution is 5.91. The molecular formula is C18H28N4O4. The van der Waals surface area contributed by atoms with E-state index in [1.165, 1.54) is 7.11 Å². The third-order valence-electron chi connectivity index (χ3n) is 4.09. The maximum Gasteiger partial charge on any atom is 0.407 e. The molecule has 3 N–H and O–H groups in total. The number of alkyl carbamates (subject to hydrolysis) is 1. The van der Waals surface area contributed by atoms with Crippen molar-refractivity contribution in [1.29, 1.82) is 0 Å². The number of urea groups is 1. The fourth-order valence-corrected chi connectivity index (χ4v) is 2.64. The van der Waals surface area contributed by atoms with E-state index in [9.17, 15) is 9.59 Å². The molecule has 1 atom stereocenters. The molecule has 26 heavy (non-hydrogen) atoms. The molecule has 8 heteroatoms. The molecule has 0 aliphatic heterocycles. The first-order valence-corrected chi connectivity index (χ1v) is 8.68. The highest BCUT2D eigenvalue weighted by Crippen LogP contribution is 2.39. The largest absolute Gasteiger partial charge is 0.480 e. The van der Waals surface area contributed by atoms with E-state index in [4.69, 9.17) is 9.47 Å². The zero-order valence-electron chi connectivity index (χ0n) is 16.0. The lowest BCUT2D eigenvalue weighted by atomic mass is 9.96. The summed E-state index contributed by atoms with van der Waals surface area (Å²) in [5.41, 5.74) is -0.663. The molecule has 1 saturated carbocycles. The van der Waals surface area contributed by atoms with Gasteiger partial charge in [-0.2, -0.15) is 0 Å². The molecule has 1 aliphatic carbocycles. The first kappa shape index (κ1) is 19.8. The molecule has 1 heterocycles. The van der Waals surface area contributed by atoms with Gasteiger partial charge >= 0.3 is 12.1 Å². The highest BCUT2D eigenvalue weighted by atomic mass is 16.6. The van der Waals surface area contributed by atoms with Crippen LogP contribution in [0.25, 0.3) is 0 Å². The molecule has 1 fully saturated rings. The molecule has 0 bridgehead atoms. The summed E-state index contributed by atoms with van der Waals surface area (Å²) in [6, 6.07) is 3.04. The van der Waals surface area contributed by atoms with Crippen LogP contribution >= 0.6 is 0 Å². The Morgan fingerprint density at radius 3 is 2.54 bits per heavy atom. The average Bonchev–Trinajstić information content (AvgIpc) is 3.37. The van der Waals surface area contributed by atoms with E-state index in [0.717, 1.165) is 12.8 Å². The number of nitrogens with zero attached hydrogens (tertiary/aromatic N) is 1. The molecule has 1 aliphatic rings. The minimum atomic E-state index is -0.573. The second kappa shape index (κ2) is 7.80. The quantitative estimate of drug-likeness (QED) is 0.720. The Morgan fingerprint density at radius 2 is 1.96 bits per heavy atom. The van der Waals surface area contributed by atoms with Gasteiger partial charge in [-0.3, -0.25) is 0 Å². The van der Waals surface area contributed by atoms with Crippen molar-refractivity contribution in [3.63, 3.8) is 0 Å². The van der Waals surface area contributed by atoms with Crippen LogP contribution in [-0.2, 0) is 4.74 Å². The van der Waals surface area contributed by atoms with Gasteiger partial charge in [-0.05, 0) is 58.6 Å². The third-order valence-corrected chi connectivity index (χ3v) is 4.09. The summed E-state index contributed by atoms with van der Waals surface area (Å²) in [6.07, 6.45) is 3.09. The van der Waals surface area contributed by atoms with Gasteiger partial charge in [0.25, 0.3) is 0 Å². The van der Waals surface area contributed by atoms with Crippen LogP contribution in [0.4, 0.5) is 15.3 Å². The number of pyridine rings is 1. The Labute approximate surface area is 154 Å². The predicted octanol–water partition coefficient (Wildman–Crippen LogP) is 2.91. The lowest BCUT2D eigenvalue weighted by Gasteiger charge is -2.32. The molecule has 0 aromatic carbocycles. The van der Waals surface area contributed by atoms with E-state index < -0.39 is 17.2 Å². The van der Waals surface area contributed by atoms with Crippen molar-refractivity contribution in [2.24, 2.45) is 5.92 Å². The van der Waals surface area contributed by atoms with Crippen LogP contribution in [0.15, 0.2) is 18.3 Å². The molecule has 144 valence electrons. The summed E-state index contributed by atoms with van der Waals surface area (Å²) in [7, 11) is 1.49. The maximum absolute atomic E-state index is 12.5. The van der Waals surface area contributed by atoms with Crippen LogP contribution in [0, 0.1) is 5.92 Å². The number of hydrogen-bond acceptors (Lipinski definition) is 5. The first-order chi connectivity index (χ1) is 12.1. The maximum atomic E-state index is 12.5. The molecule has 0 spiro atoms. The van der Waals surface area contributed by atoms with Crippen molar-refractivity contribution in [3.05, 3.63) is 18.3 Å². The molecule has 0 radical (unpaired) electrons. The van der Waals surface area contributed by atoms with Gasteiger partial charge in [-0.1, -0.05) is 0 Å². The number of carbonyl (C=O) groups excluding carboxylic acids is 2. The van der Waals surface area contributed by atoms with Crippen molar-refractivity contribution in [2.75, 3.05) is 19.0 Å². The van der Waals surface area contributed by atoms with E-state index in [2.05, 4.69) is 20.9 Å². The normalized spacial score (nSPS) is 16.2. The van der Waals surface area contributed by atoms with E-state index >= 15 is 0 Å². The number of methoxy groups -OCH3 is 1. The number of nitrogens with one attached hydrogen (secondary N) is 3.